The number of rotatable bonds is 15. The average Bonchev–Trinajstić information content (AvgIpc) is 3.57. The van der Waals surface area contributed by atoms with E-state index >= 15 is 0 Å². The number of aromatic nitrogens is 3. The molecule has 0 amide bonds. The summed E-state index contributed by atoms with van der Waals surface area (Å²) in [5, 5.41) is 28.9. The smallest absolute Gasteiger partial charge is 0.459 e. The second kappa shape index (κ2) is 15.2. The predicted octanol–water partition coefficient (Wildman–Crippen LogP) is 4.05. The molecule has 2 aromatic heterocycles. The van der Waals surface area contributed by atoms with Crippen molar-refractivity contribution in [2.75, 3.05) is 18.9 Å². The Morgan fingerprint density at radius 2 is 1.86 bits per heavy atom. The van der Waals surface area contributed by atoms with E-state index in [1.54, 1.807) is 32.0 Å². The van der Waals surface area contributed by atoms with E-state index in [0.717, 1.165) is 17.4 Å². The summed E-state index contributed by atoms with van der Waals surface area (Å²) in [5.74, 6) is -2.08. The number of esters is 2. The van der Waals surface area contributed by atoms with Gasteiger partial charge in [0.05, 0.1) is 24.8 Å². The van der Waals surface area contributed by atoms with E-state index < -0.39 is 67.7 Å². The van der Waals surface area contributed by atoms with Crippen LogP contribution in [-0.2, 0) is 38.5 Å². The van der Waals surface area contributed by atoms with Gasteiger partial charge in [-0.3, -0.25) is 14.1 Å². The van der Waals surface area contributed by atoms with Gasteiger partial charge in [0.1, 0.15) is 35.1 Å². The van der Waals surface area contributed by atoms with Gasteiger partial charge in [-0.25, -0.2) is 9.08 Å². The summed E-state index contributed by atoms with van der Waals surface area (Å²) < 4.78 is 58.4. The molecule has 0 unspecified atom stereocenters. The van der Waals surface area contributed by atoms with Crippen molar-refractivity contribution in [3.63, 3.8) is 0 Å². The summed E-state index contributed by atoms with van der Waals surface area (Å²) >= 11 is 0. The zero-order valence-corrected chi connectivity index (χ0v) is 29.1. The van der Waals surface area contributed by atoms with Crippen LogP contribution in [0.25, 0.3) is 5.52 Å². The maximum Gasteiger partial charge on any atom is 0.459 e. The third-order valence-corrected chi connectivity index (χ3v) is 10.0. The highest BCUT2D eigenvalue weighted by Gasteiger charge is 2.67. The molecule has 1 aliphatic rings. The summed E-state index contributed by atoms with van der Waals surface area (Å²) in [7, 11) is -4.48. The van der Waals surface area contributed by atoms with Crippen molar-refractivity contribution in [3.05, 3.63) is 54.2 Å². The number of anilines is 1. The van der Waals surface area contributed by atoms with Crippen LogP contribution in [0.4, 0.5) is 10.2 Å². The lowest BCUT2D eigenvalue weighted by molar-refractivity contribution is -0.168. The molecule has 15 nitrogen and oxygen atoms in total. The molecule has 49 heavy (non-hydrogen) atoms. The summed E-state index contributed by atoms with van der Waals surface area (Å²) in [4.78, 5) is 29.3. The molecule has 6 atom stereocenters. The molecule has 0 saturated carbocycles. The number of nitrogens with one attached hydrogen (secondary N) is 1. The molecular formula is C32H42FN6O9P. The second-order valence-corrected chi connectivity index (χ2v) is 13.9. The van der Waals surface area contributed by atoms with E-state index in [9.17, 15) is 28.9 Å². The Morgan fingerprint density at radius 1 is 1.18 bits per heavy atom. The van der Waals surface area contributed by atoms with Crippen LogP contribution in [0.15, 0.2) is 42.5 Å². The van der Waals surface area contributed by atoms with E-state index in [-0.39, 0.29) is 35.3 Å². The quantitative estimate of drug-likeness (QED) is 0.151. The number of para-hydroxylation sites is 1. The van der Waals surface area contributed by atoms with Gasteiger partial charge in [0.25, 0.3) is 0 Å². The first-order valence-electron chi connectivity index (χ1n) is 15.9. The highest BCUT2D eigenvalue weighted by molar-refractivity contribution is 7.52. The minimum atomic E-state index is -4.48. The first-order chi connectivity index (χ1) is 23.1. The van der Waals surface area contributed by atoms with Gasteiger partial charge in [-0.2, -0.15) is 19.7 Å². The van der Waals surface area contributed by atoms with Crippen LogP contribution in [0.3, 0.4) is 0 Å². The zero-order chi connectivity index (χ0) is 36.1. The van der Waals surface area contributed by atoms with Crippen molar-refractivity contribution in [1.82, 2.24) is 19.7 Å². The Morgan fingerprint density at radius 3 is 2.47 bits per heavy atom. The van der Waals surface area contributed by atoms with Crippen LogP contribution in [-0.4, -0.2) is 68.7 Å². The van der Waals surface area contributed by atoms with Crippen LogP contribution in [0.1, 0.15) is 60.1 Å². The molecule has 0 radical (unpaired) electrons. The van der Waals surface area contributed by atoms with E-state index in [1.165, 1.54) is 38.1 Å². The van der Waals surface area contributed by atoms with Crippen molar-refractivity contribution >= 4 is 31.0 Å². The van der Waals surface area contributed by atoms with Crippen molar-refractivity contribution in [2.24, 2.45) is 11.8 Å². The summed E-state index contributed by atoms with van der Waals surface area (Å²) in [6.45, 7) is 9.19. The van der Waals surface area contributed by atoms with Gasteiger partial charge in [0, 0.05) is 0 Å². The average molecular weight is 705 g/mol. The van der Waals surface area contributed by atoms with Gasteiger partial charge in [-0.15, -0.1) is 5.10 Å². The highest BCUT2D eigenvalue weighted by Crippen LogP contribution is 2.51. The van der Waals surface area contributed by atoms with Gasteiger partial charge in [0.15, 0.2) is 11.9 Å². The fourth-order valence-electron chi connectivity index (χ4n) is 5.34. The molecule has 0 aliphatic carbocycles. The number of fused-ring (bicyclic) bond motifs is 1. The molecule has 3 heterocycles. The topological polar surface area (TPSA) is 210 Å². The molecule has 0 spiro atoms. The van der Waals surface area contributed by atoms with Crippen LogP contribution < -0.4 is 15.3 Å². The number of nitrogen functional groups attached to an aromatic ring is 1. The first kappa shape index (κ1) is 37.7. The van der Waals surface area contributed by atoms with Crippen molar-refractivity contribution in [1.29, 1.82) is 5.26 Å². The number of hydrogen-bond donors (Lipinski definition) is 3. The van der Waals surface area contributed by atoms with Gasteiger partial charge >= 0.3 is 25.8 Å². The number of benzene rings is 1. The number of ether oxygens (including phenoxy) is 3. The van der Waals surface area contributed by atoms with Gasteiger partial charge in [-0.1, -0.05) is 58.7 Å². The molecule has 0 bridgehead atoms. The molecular weight excluding hydrogens is 662 g/mol. The number of carbonyl (C=O) groups is 2. The lowest BCUT2D eigenvalue weighted by Gasteiger charge is -2.34. The minimum absolute atomic E-state index is 0.107. The monoisotopic (exact) mass is 704 g/mol. The maximum absolute atomic E-state index is 14.3. The number of halogens is 1. The SMILES string of the molecule is CCC(CC)COC(=O)[C@H](C)N[P@@](=O)(OC[C@H]1O[C@@](C#N)(c2ccc3c(N)nc(F)nn23)[C@](C)(O)[C@@H]1OC(=O)C(C)C)Oc1ccccc1. The van der Waals surface area contributed by atoms with Crippen LogP contribution >= 0.6 is 7.75 Å². The number of hydrogen-bond acceptors (Lipinski definition) is 13. The predicted molar refractivity (Wildman–Crippen MR) is 173 cm³/mol. The highest BCUT2D eigenvalue weighted by atomic mass is 31.2. The van der Waals surface area contributed by atoms with Crippen molar-refractivity contribution in [3.8, 4) is 11.8 Å². The fourth-order valence-corrected chi connectivity index (χ4v) is 6.84. The molecule has 1 aliphatic heterocycles. The molecule has 1 aromatic carbocycles. The summed E-state index contributed by atoms with van der Waals surface area (Å²) in [6, 6.07) is 11.5. The number of carbonyl (C=O) groups excluding carboxylic acids is 2. The van der Waals surface area contributed by atoms with E-state index in [0.29, 0.717) is 0 Å². The molecule has 17 heteroatoms. The fraction of sp³-hybridized carbons (Fsp3) is 0.531. The van der Waals surface area contributed by atoms with Crippen LogP contribution in [0.2, 0.25) is 0 Å². The van der Waals surface area contributed by atoms with E-state index in [1.807, 2.05) is 19.9 Å². The van der Waals surface area contributed by atoms with E-state index in [4.69, 9.17) is 29.0 Å². The van der Waals surface area contributed by atoms with Gasteiger partial charge in [-0.05, 0) is 44.0 Å². The number of nitriles is 1. The summed E-state index contributed by atoms with van der Waals surface area (Å²) in [5.41, 5.74) is 1.11. The molecule has 4 N–H and O–H groups in total. The first-order valence-corrected chi connectivity index (χ1v) is 17.4. The maximum atomic E-state index is 14.3. The lowest BCUT2D eigenvalue weighted by Crippen LogP contribution is -2.54. The Labute approximate surface area is 283 Å². The Bertz CT molecular complexity index is 1730. The molecule has 4 rings (SSSR count). The van der Waals surface area contributed by atoms with Gasteiger partial charge < -0.3 is 29.6 Å². The number of aliphatic hydroxyl groups is 1. The Balaban J connectivity index is 1.70. The number of nitrogens with zero attached hydrogens (tertiary/aromatic N) is 4. The second-order valence-electron chi connectivity index (χ2n) is 12.3. The third-order valence-electron chi connectivity index (χ3n) is 8.38. The van der Waals surface area contributed by atoms with Gasteiger partial charge in [0.2, 0.25) is 5.60 Å². The van der Waals surface area contributed by atoms with Crippen molar-refractivity contribution in [2.45, 2.75) is 83.8 Å². The molecule has 3 aromatic rings. The standard InChI is InChI=1S/C32H42FN6O9P/c1-7-21(8-2)16-44-29(41)20(5)38-49(43,48-22-12-10-9-11-13-22)45-17-24-26(46-28(40)19(3)4)31(6,42)32(18-34,47-24)25-15-14-23-27(35)36-30(33)37-39(23)25/h9-15,19-21,24,26,42H,7-8,16-17H2,1-6H3,(H,38,43)(H2,35,36,37)/t20-,24+,26+,31+,32-,49+/m0/s1. The molecule has 1 saturated heterocycles. The Kier molecular flexibility index (Phi) is 11.7. The van der Waals surface area contributed by atoms with Crippen LogP contribution in [0.5, 0.6) is 5.75 Å². The molecule has 266 valence electrons. The lowest BCUT2D eigenvalue weighted by atomic mass is 9.80. The van der Waals surface area contributed by atoms with E-state index in [2.05, 4.69) is 15.2 Å². The Hall–Kier alpha value is -4.13. The normalized spacial score (nSPS) is 24.0. The van der Waals surface area contributed by atoms with Crippen molar-refractivity contribution < 1.29 is 46.9 Å². The largest absolute Gasteiger partial charge is 0.464 e. The summed E-state index contributed by atoms with van der Waals surface area (Å²) in [6.07, 6.45) is -2.69. The van der Waals surface area contributed by atoms with Crippen LogP contribution in [0, 0.1) is 29.2 Å². The number of nitrogens with two attached hydrogens (primary N) is 1. The molecule has 1 fully saturated rings. The zero-order valence-electron chi connectivity index (χ0n) is 28.2. The third kappa shape index (κ3) is 7.87. The minimum Gasteiger partial charge on any atom is -0.464 e.